The molecule has 2 aromatic carbocycles. The minimum absolute atomic E-state index is 0.599. The molecule has 3 aromatic rings. The first-order valence-electron chi connectivity index (χ1n) is 5.62. The molecular formula is C14H10ClNO2S. The summed E-state index contributed by atoms with van der Waals surface area (Å²) in [6.45, 7) is 0. The summed E-state index contributed by atoms with van der Waals surface area (Å²) < 4.78 is 10.8. The molecule has 0 amide bonds. The lowest BCUT2D eigenvalue weighted by Gasteiger charge is -2.00. The number of benzene rings is 2. The zero-order valence-corrected chi connectivity index (χ0v) is 11.7. The maximum atomic E-state index is 5.92. The van der Waals surface area contributed by atoms with Crippen LogP contribution < -0.4 is 4.74 Å². The van der Waals surface area contributed by atoms with Crippen molar-refractivity contribution >= 4 is 34.5 Å². The standard InChI is InChI=1S/C14H10ClNO2S/c1-17-10-3-5-11(6-4-10)19-14-16-12-8-9(15)2-7-13(12)18-14/h2-8H,1H3. The van der Waals surface area contributed by atoms with Gasteiger partial charge in [-0.1, -0.05) is 11.6 Å². The predicted octanol–water partition coefficient (Wildman–Crippen LogP) is 4.64. The number of halogens is 1. The Hall–Kier alpha value is -1.65. The molecule has 0 saturated carbocycles. The van der Waals surface area contributed by atoms with Gasteiger partial charge in [-0.15, -0.1) is 0 Å². The Morgan fingerprint density at radius 1 is 1.16 bits per heavy atom. The third-order valence-electron chi connectivity index (χ3n) is 2.59. The fourth-order valence-electron chi connectivity index (χ4n) is 1.67. The molecule has 19 heavy (non-hydrogen) atoms. The first kappa shape index (κ1) is 12.4. The Morgan fingerprint density at radius 2 is 1.95 bits per heavy atom. The van der Waals surface area contributed by atoms with Crippen LogP contribution in [0.1, 0.15) is 0 Å². The highest BCUT2D eigenvalue weighted by Crippen LogP contribution is 2.31. The van der Waals surface area contributed by atoms with Crippen molar-refractivity contribution in [3.8, 4) is 5.75 Å². The van der Waals surface area contributed by atoms with Gasteiger partial charge in [-0.3, -0.25) is 0 Å². The van der Waals surface area contributed by atoms with Gasteiger partial charge in [-0.05, 0) is 54.2 Å². The predicted molar refractivity (Wildman–Crippen MR) is 76.1 cm³/mol. The molecule has 0 atom stereocenters. The molecule has 0 unspecified atom stereocenters. The molecule has 0 saturated heterocycles. The minimum Gasteiger partial charge on any atom is -0.497 e. The van der Waals surface area contributed by atoms with E-state index in [9.17, 15) is 0 Å². The Balaban J connectivity index is 1.87. The lowest BCUT2D eigenvalue weighted by molar-refractivity contribution is 0.414. The highest BCUT2D eigenvalue weighted by Gasteiger charge is 2.08. The van der Waals surface area contributed by atoms with Gasteiger partial charge in [0.2, 0.25) is 0 Å². The number of methoxy groups -OCH3 is 1. The average molecular weight is 292 g/mol. The molecule has 1 heterocycles. The number of hydrogen-bond donors (Lipinski definition) is 0. The first-order chi connectivity index (χ1) is 9.24. The molecule has 0 aliphatic carbocycles. The van der Waals surface area contributed by atoms with Crippen molar-refractivity contribution in [1.82, 2.24) is 4.98 Å². The highest BCUT2D eigenvalue weighted by molar-refractivity contribution is 7.99. The summed E-state index contributed by atoms with van der Waals surface area (Å²) in [6.07, 6.45) is 0. The van der Waals surface area contributed by atoms with E-state index in [0.29, 0.717) is 10.2 Å². The molecule has 0 aliphatic rings. The zero-order valence-electron chi connectivity index (χ0n) is 10.1. The number of nitrogens with zero attached hydrogens (tertiary/aromatic N) is 1. The van der Waals surface area contributed by atoms with Crippen LogP contribution >= 0.6 is 23.4 Å². The number of fused-ring (bicyclic) bond motifs is 1. The van der Waals surface area contributed by atoms with E-state index in [-0.39, 0.29) is 0 Å². The van der Waals surface area contributed by atoms with Crippen LogP contribution in [0.5, 0.6) is 5.75 Å². The van der Waals surface area contributed by atoms with Gasteiger partial charge < -0.3 is 9.15 Å². The van der Waals surface area contributed by atoms with Crippen molar-refractivity contribution in [2.24, 2.45) is 0 Å². The van der Waals surface area contributed by atoms with Crippen molar-refractivity contribution in [3.63, 3.8) is 0 Å². The van der Waals surface area contributed by atoms with Gasteiger partial charge in [-0.2, -0.15) is 0 Å². The van der Waals surface area contributed by atoms with Crippen LogP contribution in [-0.4, -0.2) is 12.1 Å². The average Bonchev–Trinajstić information content (AvgIpc) is 2.81. The van der Waals surface area contributed by atoms with E-state index < -0.39 is 0 Å². The second kappa shape index (κ2) is 5.15. The summed E-state index contributed by atoms with van der Waals surface area (Å²) in [4.78, 5) is 5.43. The van der Waals surface area contributed by atoms with Crippen LogP contribution in [0, 0.1) is 0 Å². The zero-order chi connectivity index (χ0) is 13.2. The molecule has 0 spiro atoms. The van der Waals surface area contributed by atoms with E-state index in [1.165, 1.54) is 11.8 Å². The molecule has 3 rings (SSSR count). The highest BCUT2D eigenvalue weighted by atomic mass is 35.5. The lowest BCUT2D eigenvalue weighted by Crippen LogP contribution is -1.81. The van der Waals surface area contributed by atoms with E-state index in [1.807, 2.05) is 30.3 Å². The van der Waals surface area contributed by atoms with Crippen molar-refractivity contribution < 1.29 is 9.15 Å². The van der Waals surface area contributed by atoms with Gasteiger partial charge in [-0.25, -0.2) is 4.98 Å². The number of aromatic nitrogens is 1. The molecular weight excluding hydrogens is 282 g/mol. The summed E-state index contributed by atoms with van der Waals surface area (Å²) in [6, 6.07) is 13.1. The Kier molecular flexibility index (Phi) is 3.36. The fraction of sp³-hybridized carbons (Fsp3) is 0.0714. The summed E-state index contributed by atoms with van der Waals surface area (Å²) in [5, 5.41) is 1.25. The third-order valence-corrected chi connectivity index (χ3v) is 3.69. The minimum atomic E-state index is 0.599. The van der Waals surface area contributed by atoms with Crippen molar-refractivity contribution in [2.45, 2.75) is 10.1 Å². The number of ether oxygens (including phenoxy) is 1. The Labute approximate surface area is 119 Å². The molecule has 0 fully saturated rings. The molecule has 96 valence electrons. The van der Waals surface area contributed by atoms with Crippen molar-refractivity contribution in [3.05, 3.63) is 47.5 Å². The normalized spacial score (nSPS) is 10.8. The number of rotatable bonds is 3. The van der Waals surface area contributed by atoms with Gasteiger partial charge in [0, 0.05) is 9.92 Å². The summed E-state index contributed by atoms with van der Waals surface area (Å²) in [5.74, 6) is 0.827. The summed E-state index contributed by atoms with van der Waals surface area (Å²) in [5.41, 5.74) is 1.50. The largest absolute Gasteiger partial charge is 0.497 e. The van der Waals surface area contributed by atoms with Gasteiger partial charge in [0.15, 0.2) is 5.58 Å². The molecule has 0 radical (unpaired) electrons. The number of oxazole rings is 1. The van der Waals surface area contributed by atoms with E-state index in [2.05, 4.69) is 4.98 Å². The molecule has 5 heteroatoms. The Morgan fingerprint density at radius 3 is 2.68 bits per heavy atom. The maximum absolute atomic E-state index is 5.92. The lowest BCUT2D eigenvalue weighted by atomic mass is 10.3. The van der Waals surface area contributed by atoms with E-state index in [1.54, 1.807) is 19.2 Å². The van der Waals surface area contributed by atoms with Crippen LogP contribution in [0.2, 0.25) is 5.02 Å². The van der Waals surface area contributed by atoms with E-state index in [0.717, 1.165) is 21.7 Å². The maximum Gasteiger partial charge on any atom is 0.261 e. The third kappa shape index (κ3) is 2.69. The van der Waals surface area contributed by atoms with Crippen LogP contribution in [0.25, 0.3) is 11.1 Å². The van der Waals surface area contributed by atoms with Crippen LogP contribution in [0.3, 0.4) is 0 Å². The first-order valence-corrected chi connectivity index (χ1v) is 6.82. The summed E-state index contributed by atoms with van der Waals surface area (Å²) >= 11 is 7.38. The quantitative estimate of drug-likeness (QED) is 0.704. The van der Waals surface area contributed by atoms with Gasteiger partial charge >= 0.3 is 0 Å². The summed E-state index contributed by atoms with van der Waals surface area (Å²) in [7, 11) is 1.65. The van der Waals surface area contributed by atoms with Gasteiger partial charge in [0.1, 0.15) is 11.3 Å². The smallest absolute Gasteiger partial charge is 0.261 e. The molecule has 1 aromatic heterocycles. The SMILES string of the molecule is COc1ccc(Sc2nc3cc(Cl)ccc3o2)cc1. The van der Waals surface area contributed by atoms with Gasteiger partial charge in [0.25, 0.3) is 5.22 Å². The second-order valence-electron chi connectivity index (χ2n) is 3.87. The fourth-order valence-corrected chi connectivity index (χ4v) is 2.58. The Bertz CT molecular complexity index is 709. The van der Waals surface area contributed by atoms with Crippen molar-refractivity contribution in [1.29, 1.82) is 0 Å². The monoisotopic (exact) mass is 291 g/mol. The van der Waals surface area contributed by atoms with Gasteiger partial charge in [0.05, 0.1) is 7.11 Å². The second-order valence-corrected chi connectivity index (χ2v) is 5.33. The van der Waals surface area contributed by atoms with Crippen LogP contribution in [-0.2, 0) is 0 Å². The van der Waals surface area contributed by atoms with Crippen molar-refractivity contribution in [2.75, 3.05) is 7.11 Å². The van der Waals surface area contributed by atoms with E-state index >= 15 is 0 Å². The topological polar surface area (TPSA) is 35.3 Å². The molecule has 0 aliphatic heterocycles. The van der Waals surface area contributed by atoms with Crippen LogP contribution in [0.15, 0.2) is 57.0 Å². The molecule has 3 nitrogen and oxygen atoms in total. The number of hydrogen-bond acceptors (Lipinski definition) is 4. The van der Waals surface area contributed by atoms with E-state index in [4.69, 9.17) is 20.8 Å². The molecule has 0 N–H and O–H groups in total. The molecule has 0 bridgehead atoms. The van der Waals surface area contributed by atoms with Crippen LogP contribution in [0.4, 0.5) is 0 Å².